The van der Waals surface area contributed by atoms with E-state index in [1.54, 1.807) is 0 Å². The molecule has 0 amide bonds. The zero-order valence-corrected chi connectivity index (χ0v) is 47.4. The lowest BCUT2D eigenvalue weighted by Gasteiger charge is -2.28. The van der Waals surface area contributed by atoms with Crippen LogP contribution in [-0.2, 0) is 21.7 Å². The molecule has 0 saturated carbocycles. The van der Waals surface area contributed by atoms with E-state index in [0.29, 0.717) is 17.8 Å². The van der Waals surface area contributed by atoms with Gasteiger partial charge in [0.15, 0.2) is 0 Å². The molecule has 0 saturated heterocycles. The molecule has 0 aliphatic rings. The van der Waals surface area contributed by atoms with Crippen molar-refractivity contribution in [2.45, 2.75) is 164 Å². The number of rotatable bonds is 6. The van der Waals surface area contributed by atoms with Crippen LogP contribution in [0.2, 0.25) is 0 Å². The first-order valence-electron chi connectivity index (χ1n) is 27.5. The zero-order chi connectivity index (χ0) is 52.2. The van der Waals surface area contributed by atoms with Crippen LogP contribution in [0.3, 0.4) is 0 Å². The van der Waals surface area contributed by atoms with E-state index in [0.717, 1.165) is 0 Å². The van der Waals surface area contributed by atoms with Gasteiger partial charge in [0.25, 0.3) is 0 Å². The molecule has 11 aromatic carbocycles. The minimum atomic E-state index is -0.0562. The third kappa shape index (κ3) is 7.83. The number of fused-ring (bicyclic) bond motifs is 8. The molecule has 0 unspecified atom stereocenters. The molecule has 73 heavy (non-hydrogen) atoms. The van der Waals surface area contributed by atoms with Gasteiger partial charge in [-0.3, -0.25) is 0 Å². The van der Waals surface area contributed by atoms with Gasteiger partial charge in [-0.25, -0.2) is 0 Å². The van der Waals surface area contributed by atoms with E-state index in [4.69, 9.17) is 0 Å². The summed E-state index contributed by atoms with van der Waals surface area (Å²) in [5.41, 5.74) is 17.6. The Labute approximate surface area is 436 Å². The molecule has 0 atom stereocenters. The maximum atomic E-state index is 2.64. The summed E-state index contributed by atoms with van der Waals surface area (Å²) in [5.74, 6) is 1.26. The molecule has 11 aromatic rings. The summed E-state index contributed by atoms with van der Waals surface area (Å²) >= 11 is 0. The van der Waals surface area contributed by atoms with E-state index >= 15 is 0 Å². The minimum Gasteiger partial charge on any atom is -0.0610 e. The number of benzene rings is 9. The van der Waals surface area contributed by atoms with Crippen molar-refractivity contribution in [3.8, 4) is 33.4 Å². The summed E-state index contributed by atoms with van der Waals surface area (Å²) in [5, 5.41) is 18.8. The molecule has 370 valence electrons. The molecule has 0 spiro atoms. The van der Waals surface area contributed by atoms with Gasteiger partial charge in [-0.15, -0.1) is 0 Å². The Morgan fingerprint density at radius 3 is 1.18 bits per heavy atom. The monoisotopic (exact) mass is 955 g/mol. The molecule has 0 nitrogen and oxygen atoms in total. The average Bonchev–Trinajstić information content (AvgIpc) is 3.82. The minimum absolute atomic E-state index is 0.0546. The highest BCUT2D eigenvalue weighted by Gasteiger charge is 2.31. The molecule has 0 N–H and O–H groups in total. The molecule has 0 aromatic heterocycles. The molecule has 0 aliphatic carbocycles. The van der Waals surface area contributed by atoms with E-state index in [2.05, 4.69) is 252 Å². The van der Waals surface area contributed by atoms with E-state index in [1.165, 1.54) is 148 Å². The number of hydrogen-bond acceptors (Lipinski definition) is 0. The van der Waals surface area contributed by atoms with E-state index < -0.39 is 0 Å². The van der Waals surface area contributed by atoms with Gasteiger partial charge in [0.1, 0.15) is 0 Å². The molecule has 0 aliphatic heterocycles. The predicted octanol–water partition coefficient (Wildman–Crippen LogP) is 22.2. The average molecular weight is 955 g/mol. The van der Waals surface area contributed by atoms with Gasteiger partial charge >= 0.3 is 0 Å². The first-order chi connectivity index (χ1) is 34.2. The second-order valence-electron chi connectivity index (χ2n) is 27.2. The Hall–Kier alpha value is -6.24. The smallest absolute Gasteiger partial charge is 0.000719 e. The highest BCUT2D eigenvalue weighted by atomic mass is 14.3. The largest absolute Gasteiger partial charge is 0.0610 e. The van der Waals surface area contributed by atoms with E-state index in [1.807, 2.05) is 0 Å². The molecule has 0 heteroatoms. The first-order valence-corrected chi connectivity index (χ1v) is 27.5. The first kappa shape index (κ1) is 49.0. The Balaban J connectivity index is 1.40. The third-order valence-electron chi connectivity index (χ3n) is 16.8. The molecule has 0 bridgehead atoms. The molecule has 0 fully saturated rings. The van der Waals surface area contributed by atoms with Crippen LogP contribution in [0, 0.1) is 0 Å². The fourth-order valence-corrected chi connectivity index (χ4v) is 12.5. The highest BCUT2D eigenvalue weighted by molar-refractivity contribution is 6.45. The van der Waals surface area contributed by atoms with Crippen LogP contribution in [0.25, 0.3) is 109 Å². The van der Waals surface area contributed by atoms with E-state index in [9.17, 15) is 0 Å². The van der Waals surface area contributed by atoms with Crippen LogP contribution in [0.15, 0.2) is 127 Å². The number of hydrogen-bond donors (Lipinski definition) is 0. The second-order valence-corrected chi connectivity index (χ2v) is 27.2. The molecule has 11 rings (SSSR count). The van der Waals surface area contributed by atoms with Gasteiger partial charge in [-0.1, -0.05) is 240 Å². The van der Waals surface area contributed by atoms with Crippen molar-refractivity contribution >= 4 is 75.4 Å². The van der Waals surface area contributed by atoms with Gasteiger partial charge in [0.05, 0.1) is 0 Å². The van der Waals surface area contributed by atoms with Crippen LogP contribution in [-0.4, -0.2) is 0 Å². The topological polar surface area (TPSA) is 0 Å². The summed E-state index contributed by atoms with van der Waals surface area (Å²) in [7, 11) is 0. The fourth-order valence-electron chi connectivity index (χ4n) is 12.5. The van der Waals surface area contributed by atoms with Crippen LogP contribution in [0.5, 0.6) is 0 Å². The van der Waals surface area contributed by atoms with Gasteiger partial charge in [-0.2, -0.15) is 0 Å². The van der Waals surface area contributed by atoms with Crippen molar-refractivity contribution < 1.29 is 0 Å². The Morgan fingerprint density at radius 1 is 0.274 bits per heavy atom. The van der Waals surface area contributed by atoms with Gasteiger partial charge < -0.3 is 0 Å². The zero-order valence-electron chi connectivity index (χ0n) is 47.4. The van der Waals surface area contributed by atoms with Crippen molar-refractivity contribution in [2.24, 2.45) is 0 Å². The lowest BCUT2D eigenvalue weighted by molar-refractivity contribution is 0.568. The maximum Gasteiger partial charge on any atom is -0.000719 e. The third-order valence-corrected chi connectivity index (χ3v) is 16.8. The summed E-state index contributed by atoms with van der Waals surface area (Å²) in [6.45, 7) is 42.7. The summed E-state index contributed by atoms with van der Waals surface area (Å²) < 4.78 is 0. The molecule has 0 heterocycles. The van der Waals surface area contributed by atoms with Gasteiger partial charge in [-0.05, 0) is 199 Å². The molecule has 0 radical (unpaired) electrons. The predicted molar refractivity (Wildman–Crippen MR) is 325 cm³/mol. The van der Waals surface area contributed by atoms with Crippen molar-refractivity contribution in [2.75, 3.05) is 0 Å². The fraction of sp³-hybridized carbons (Fsp3) is 0.342. The molecular formula is C73H78. The van der Waals surface area contributed by atoms with Crippen molar-refractivity contribution in [1.82, 2.24) is 0 Å². The van der Waals surface area contributed by atoms with Crippen LogP contribution in [0.1, 0.15) is 181 Å². The highest BCUT2D eigenvalue weighted by Crippen LogP contribution is 2.56. The SMILES string of the molecule is CC(C)c1cc(C(C)C)c(-c2ccc3c(c2)c2cccc4c5c(-c6cc(C(C)(C)C)cc(C(C)(C)C)c6)c6c7cccc8cccc(c6c(-c6cc(C(C)(C)C)cc(C(C)(C)C)c6)c5cc3c24)c87)c(C(C)C)c1. The normalized spacial score (nSPS) is 13.4. The lowest BCUT2D eigenvalue weighted by atomic mass is 9.76. The van der Waals surface area contributed by atoms with Crippen molar-refractivity contribution in [1.29, 1.82) is 0 Å². The summed E-state index contributed by atoms with van der Waals surface area (Å²) in [4.78, 5) is 0. The Kier molecular flexibility index (Phi) is 11.2. The van der Waals surface area contributed by atoms with Crippen molar-refractivity contribution in [3.05, 3.63) is 166 Å². The van der Waals surface area contributed by atoms with E-state index in [-0.39, 0.29) is 21.7 Å². The lowest BCUT2D eigenvalue weighted by Crippen LogP contribution is -2.16. The summed E-state index contributed by atoms with van der Waals surface area (Å²) in [6, 6.07) is 51.6. The van der Waals surface area contributed by atoms with Crippen LogP contribution in [0.4, 0.5) is 0 Å². The molecular weight excluding hydrogens is 877 g/mol. The Bertz CT molecular complexity index is 3900. The van der Waals surface area contributed by atoms with Crippen LogP contribution < -0.4 is 0 Å². The summed E-state index contributed by atoms with van der Waals surface area (Å²) in [6.07, 6.45) is 0. The standard InChI is InChI=1S/C73H78/c1-40(2)45-35-57(41(3)4)63(58(36-45)42(5)6)44-28-29-52-59(34-44)53-24-21-27-56-66(53)60(52)39-61-64(46-30-48(70(7,8)9)37-49(31-46)71(10,11)12)68-54-25-19-22-43-23-20-26-55(62(43)54)69(68)65(67(56)61)47-32-50(72(13,14)15)38-51(33-47)73(16,17)18/h19-42H,1-18H3. The van der Waals surface area contributed by atoms with Crippen molar-refractivity contribution in [3.63, 3.8) is 0 Å². The Morgan fingerprint density at radius 2 is 0.712 bits per heavy atom. The van der Waals surface area contributed by atoms with Gasteiger partial charge in [0.2, 0.25) is 0 Å². The quantitative estimate of drug-likeness (QED) is 0.146. The van der Waals surface area contributed by atoms with Gasteiger partial charge in [0, 0.05) is 0 Å². The second kappa shape index (κ2) is 16.6. The van der Waals surface area contributed by atoms with Crippen LogP contribution >= 0.6 is 0 Å². The maximum absolute atomic E-state index is 2.64.